The lowest BCUT2D eigenvalue weighted by Crippen LogP contribution is -2.29. The lowest BCUT2D eigenvalue weighted by Gasteiger charge is -2.19. The minimum atomic E-state index is -1.28. The Morgan fingerprint density at radius 1 is 1.28 bits per heavy atom. The standard InChI is InChI=1S/C24H25ClF2N6O2S/c1-13(28)21-22(29)30-23(31-24(21)35-19-12-33(8-9-34)11-18(19)27)14-2-5-16(6-3-14)32-36-20-10-15(25)4-7-17(20)26/h2-7,10,18-19,28,32,34H,8-9,11-12H2,1H3,(H2,29,30,31). The average Bonchev–Trinajstić information content (AvgIpc) is 3.18. The van der Waals surface area contributed by atoms with Crippen LogP contribution in [0.25, 0.3) is 11.4 Å². The largest absolute Gasteiger partial charge is 0.469 e. The smallest absolute Gasteiger partial charge is 0.228 e. The molecule has 1 fully saturated rings. The Balaban J connectivity index is 1.54. The number of nitrogens with two attached hydrogens (primary N) is 1. The van der Waals surface area contributed by atoms with E-state index in [0.717, 1.165) is 11.9 Å². The van der Waals surface area contributed by atoms with Gasteiger partial charge in [0.15, 0.2) is 12.0 Å². The normalized spacial score (nSPS) is 17.8. The van der Waals surface area contributed by atoms with Crippen molar-refractivity contribution in [3.05, 3.63) is 58.9 Å². The average molecular weight is 535 g/mol. The number of β-amino-alcohol motifs (C(OH)–C–C–N with tert-alkyl or cyclic N) is 1. The van der Waals surface area contributed by atoms with Crippen LogP contribution in [0.15, 0.2) is 47.4 Å². The Labute approximate surface area is 216 Å². The monoisotopic (exact) mass is 534 g/mol. The number of benzene rings is 2. The summed E-state index contributed by atoms with van der Waals surface area (Å²) in [6.45, 7) is 2.22. The van der Waals surface area contributed by atoms with Gasteiger partial charge >= 0.3 is 0 Å². The number of hydrogen-bond acceptors (Lipinski definition) is 9. The van der Waals surface area contributed by atoms with Gasteiger partial charge in [0.1, 0.15) is 17.7 Å². The van der Waals surface area contributed by atoms with Crippen LogP contribution >= 0.6 is 23.5 Å². The molecular weight excluding hydrogens is 510 g/mol. The van der Waals surface area contributed by atoms with Crippen LogP contribution in [0, 0.1) is 11.2 Å². The number of halogens is 3. The number of nitrogens with zero attached hydrogens (tertiary/aromatic N) is 3. The van der Waals surface area contributed by atoms with E-state index < -0.39 is 12.3 Å². The van der Waals surface area contributed by atoms with E-state index in [2.05, 4.69) is 14.7 Å². The third kappa shape index (κ3) is 6.04. The minimum Gasteiger partial charge on any atom is -0.469 e. The van der Waals surface area contributed by atoms with Gasteiger partial charge in [-0.15, -0.1) is 0 Å². The van der Waals surface area contributed by atoms with Crippen LogP contribution in [0.1, 0.15) is 12.5 Å². The van der Waals surface area contributed by atoms with Crippen molar-refractivity contribution in [2.45, 2.75) is 24.1 Å². The fourth-order valence-electron chi connectivity index (χ4n) is 3.77. The Hall–Kier alpha value is -2.99. The Kier molecular flexibility index (Phi) is 8.24. The topological polar surface area (TPSA) is 120 Å². The Morgan fingerprint density at radius 3 is 2.72 bits per heavy atom. The number of likely N-dealkylation sites (tertiary alicyclic amines) is 1. The molecule has 8 nitrogen and oxygen atoms in total. The summed E-state index contributed by atoms with van der Waals surface area (Å²) >= 11 is 7.03. The van der Waals surface area contributed by atoms with Gasteiger partial charge in [-0.25, -0.2) is 13.8 Å². The predicted octanol–water partition coefficient (Wildman–Crippen LogP) is 4.42. The molecule has 1 saturated heterocycles. The van der Waals surface area contributed by atoms with Crippen molar-refractivity contribution in [1.29, 1.82) is 5.41 Å². The second-order valence-electron chi connectivity index (χ2n) is 8.25. The van der Waals surface area contributed by atoms with E-state index in [4.69, 9.17) is 32.6 Å². The molecule has 0 spiro atoms. The van der Waals surface area contributed by atoms with Crippen LogP contribution in [0.2, 0.25) is 5.02 Å². The number of anilines is 2. The summed E-state index contributed by atoms with van der Waals surface area (Å²) < 4.78 is 37.5. The fraction of sp³-hybridized carbons (Fsp3) is 0.292. The summed E-state index contributed by atoms with van der Waals surface area (Å²) in [5, 5.41) is 17.6. The molecule has 1 aliphatic heterocycles. The molecular formula is C24H25ClF2N6O2S. The molecule has 1 aromatic heterocycles. The highest BCUT2D eigenvalue weighted by Gasteiger charge is 2.35. The molecule has 2 unspecified atom stereocenters. The lowest BCUT2D eigenvalue weighted by molar-refractivity contribution is 0.132. The van der Waals surface area contributed by atoms with E-state index >= 15 is 0 Å². The maximum atomic E-state index is 14.6. The minimum absolute atomic E-state index is 0.0395. The molecule has 190 valence electrons. The molecule has 2 heterocycles. The second-order valence-corrected chi connectivity index (χ2v) is 9.53. The van der Waals surface area contributed by atoms with E-state index in [9.17, 15) is 8.78 Å². The molecule has 12 heteroatoms. The summed E-state index contributed by atoms with van der Waals surface area (Å²) in [7, 11) is 0. The van der Waals surface area contributed by atoms with Gasteiger partial charge in [0.2, 0.25) is 5.88 Å². The van der Waals surface area contributed by atoms with Crippen molar-refractivity contribution in [1.82, 2.24) is 14.9 Å². The van der Waals surface area contributed by atoms with Gasteiger partial charge in [-0.05, 0) is 61.3 Å². The highest BCUT2D eigenvalue weighted by Crippen LogP contribution is 2.31. The summed E-state index contributed by atoms with van der Waals surface area (Å²) in [4.78, 5) is 10.9. The number of nitrogens with one attached hydrogen (secondary N) is 2. The molecule has 0 aliphatic carbocycles. The molecule has 0 radical (unpaired) electrons. The summed E-state index contributed by atoms with van der Waals surface area (Å²) in [6.07, 6.45) is -2.09. The van der Waals surface area contributed by atoms with Crippen molar-refractivity contribution in [2.24, 2.45) is 0 Å². The number of aliphatic hydroxyl groups excluding tert-OH is 1. The van der Waals surface area contributed by atoms with Crippen LogP contribution in [0.4, 0.5) is 20.3 Å². The summed E-state index contributed by atoms with van der Waals surface area (Å²) in [5.74, 6) is -0.0352. The summed E-state index contributed by atoms with van der Waals surface area (Å²) in [6, 6.07) is 11.4. The molecule has 2 aromatic carbocycles. The third-order valence-corrected chi connectivity index (χ3v) is 6.65. The number of hydrogen-bond donors (Lipinski definition) is 4. The number of aliphatic hydroxyl groups is 1. The summed E-state index contributed by atoms with van der Waals surface area (Å²) in [5.41, 5.74) is 7.78. The molecule has 0 amide bonds. The van der Waals surface area contributed by atoms with Gasteiger partial charge in [0, 0.05) is 41.6 Å². The predicted molar refractivity (Wildman–Crippen MR) is 138 cm³/mol. The SMILES string of the molecule is CC(=N)c1c(N)nc(-c2ccc(NSc3cc(Cl)ccc3F)cc2)nc1OC1CN(CCO)CC1F. The first-order valence-electron chi connectivity index (χ1n) is 11.1. The van der Waals surface area contributed by atoms with Crippen molar-refractivity contribution < 1.29 is 18.6 Å². The van der Waals surface area contributed by atoms with Crippen LogP contribution in [0.5, 0.6) is 5.88 Å². The number of rotatable bonds is 9. The molecule has 1 aliphatic rings. The van der Waals surface area contributed by atoms with Gasteiger partial charge in [-0.1, -0.05) is 11.6 Å². The number of ether oxygens (including phenoxy) is 1. The zero-order valence-corrected chi connectivity index (χ0v) is 20.9. The van der Waals surface area contributed by atoms with E-state index in [0.29, 0.717) is 27.7 Å². The zero-order chi connectivity index (χ0) is 25.8. The number of alkyl halides is 1. The number of nitrogen functional groups attached to an aromatic ring is 1. The van der Waals surface area contributed by atoms with Crippen LogP contribution in [-0.2, 0) is 0 Å². The Bertz CT molecular complexity index is 1250. The van der Waals surface area contributed by atoms with E-state index in [1.807, 2.05) is 0 Å². The van der Waals surface area contributed by atoms with Crippen molar-refractivity contribution >= 4 is 40.8 Å². The van der Waals surface area contributed by atoms with Crippen molar-refractivity contribution in [3.63, 3.8) is 0 Å². The van der Waals surface area contributed by atoms with E-state index in [-0.39, 0.29) is 54.3 Å². The van der Waals surface area contributed by atoms with Gasteiger partial charge in [0.25, 0.3) is 0 Å². The van der Waals surface area contributed by atoms with E-state index in [1.165, 1.54) is 25.1 Å². The highest BCUT2D eigenvalue weighted by atomic mass is 35.5. The van der Waals surface area contributed by atoms with Gasteiger partial charge < -0.3 is 25.7 Å². The first-order valence-corrected chi connectivity index (χ1v) is 12.3. The molecule has 0 saturated carbocycles. The van der Waals surface area contributed by atoms with Gasteiger partial charge in [0.05, 0.1) is 17.1 Å². The van der Waals surface area contributed by atoms with Crippen molar-refractivity contribution in [3.8, 4) is 17.3 Å². The molecule has 5 N–H and O–H groups in total. The van der Waals surface area contributed by atoms with Gasteiger partial charge in [-0.2, -0.15) is 4.98 Å². The fourth-order valence-corrected chi connectivity index (χ4v) is 4.72. The lowest BCUT2D eigenvalue weighted by atomic mass is 10.1. The van der Waals surface area contributed by atoms with E-state index in [1.54, 1.807) is 29.2 Å². The maximum Gasteiger partial charge on any atom is 0.228 e. The quantitative estimate of drug-likeness (QED) is 0.235. The van der Waals surface area contributed by atoms with Crippen LogP contribution in [-0.4, -0.2) is 64.2 Å². The molecule has 4 rings (SSSR count). The maximum absolute atomic E-state index is 14.6. The molecule has 0 bridgehead atoms. The van der Waals surface area contributed by atoms with Gasteiger partial charge in [-0.3, -0.25) is 4.90 Å². The third-order valence-electron chi connectivity index (χ3n) is 5.55. The number of aromatic nitrogens is 2. The Morgan fingerprint density at radius 2 is 2.03 bits per heavy atom. The highest BCUT2D eigenvalue weighted by molar-refractivity contribution is 8.00. The van der Waals surface area contributed by atoms with Crippen molar-refractivity contribution in [2.75, 3.05) is 36.7 Å². The molecule has 2 atom stereocenters. The zero-order valence-electron chi connectivity index (χ0n) is 19.3. The molecule has 3 aromatic rings. The second kappa shape index (κ2) is 11.4. The first kappa shape index (κ1) is 26.1. The first-order chi connectivity index (χ1) is 17.2. The van der Waals surface area contributed by atoms with Crippen LogP contribution < -0.4 is 15.2 Å². The molecule has 36 heavy (non-hydrogen) atoms. The van der Waals surface area contributed by atoms with Crippen LogP contribution in [0.3, 0.4) is 0 Å².